The van der Waals surface area contributed by atoms with Crippen molar-refractivity contribution in [1.82, 2.24) is 15.6 Å². The van der Waals surface area contributed by atoms with Crippen molar-refractivity contribution in [2.45, 2.75) is 60.0 Å². The van der Waals surface area contributed by atoms with E-state index in [1.165, 1.54) is 22.2 Å². The molecular weight excluding hydrogens is 274 g/mol. The predicted molar refractivity (Wildman–Crippen MR) is 92.3 cm³/mol. The molecule has 0 atom stereocenters. The first-order valence-corrected chi connectivity index (χ1v) is 7.88. The number of aromatic nitrogens is 1. The topological polar surface area (TPSA) is 56.9 Å². The van der Waals surface area contributed by atoms with Crippen LogP contribution in [0.25, 0.3) is 10.9 Å². The molecule has 0 aliphatic heterocycles. The molecule has 0 aliphatic carbocycles. The first-order chi connectivity index (χ1) is 10.2. The average molecular weight is 301 g/mol. The SMILES string of the molecule is CCc1[nH]c2c(CNC(=O)NC(C)(C)C)cc(C)cc2c1C. The summed E-state index contributed by atoms with van der Waals surface area (Å²) in [7, 11) is 0. The van der Waals surface area contributed by atoms with E-state index in [0.29, 0.717) is 6.54 Å². The quantitative estimate of drug-likeness (QED) is 0.790. The average Bonchev–Trinajstić information content (AvgIpc) is 2.71. The fourth-order valence-corrected chi connectivity index (χ4v) is 2.77. The maximum absolute atomic E-state index is 11.9. The fourth-order valence-electron chi connectivity index (χ4n) is 2.77. The smallest absolute Gasteiger partial charge is 0.315 e. The Hall–Kier alpha value is -1.97. The summed E-state index contributed by atoms with van der Waals surface area (Å²) in [6, 6.07) is 4.20. The van der Waals surface area contributed by atoms with Gasteiger partial charge in [0.2, 0.25) is 0 Å². The van der Waals surface area contributed by atoms with E-state index in [0.717, 1.165) is 17.5 Å². The van der Waals surface area contributed by atoms with Gasteiger partial charge < -0.3 is 15.6 Å². The lowest BCUT2D eigenvalue weighted by atomic mass is 10.0. The second-order valence-corrected chi connectivity index (χ2v) is 6.99. The first kappa shape index (κ1) is 16.4. The predicted octanol–water partition coefficient (Wildman–Crippen LogP) is 3.94. The number of carbonyl (C=O) groups is 1. The van der Waals surface area contributed by atoms with Gasteiger partial charge in [-0.05, 0) is 58.2 Å². The number of carbonyl (C=O) groups excluding carboxylic acids is 1. The van der Waals surface area contributed by atoms with Gasteiger partial charge in [0.15, 0.2) is 0 Å². The summed E-state index contributed by atoms with van der Waals surface area (Å²) in [6.07, 6.45) is 0.983. The third kappa shape index (κ3) is 3.62. The minimum Gasteiger partial charge on any atom is -0.358 e. The van der Waals surface area contributed by atoms with Gasteiger partial charge in [-0.3, -0.25) is 0 Å². The Labute approximate surface area is 132 Å². The van der Waals surface area contributed by atoms with E-state index in [4.69, 9.17) is 0 Å². The Balaban J connectivity index is 2.26. The molecule has 0 fully saturated rings. The normalized spacial score (nSPS) is 11.7. The van der Waals surface area contributed by atoms with Crippen LogP contribution in [0.15, 0.2) is 12.1 Å². The summed E-state index contributed by atoms with van der Waals surface area (Å²) in [5.74, 6) is 0. The van der Waals surface area contributed by atoms with E-state index in [2.05, 4.69) is 48.5 Å². The molecule has 1 heterocycles. The third-order valence-corrected chi connectivity index (χ3v) is 3.78. The molecule has 4 heteroatoms. The standard InChI is InChI=1S/C18H27N3O/c1-7-15-12(3)14-9-11(2)8-13(16(14)20-15)10-19-17(22)21-18(4,5)6/h8-9,20H,7,10H2,1-6H3,(H2,19,21,22). The number of hydrogen-bond acceptors (Lipinski definition) is 1. The summed E-state index contributed by atoms with van der Waals surface area (Å²) < 4.78 is 0. The van der Waals surface area contributed by atoms with E-state index < -0.39 is 0 Å². The van der Waals surface area contributed by atoms with Gasteiger partial charge in [0.05, 0.1) is 5.52 Å². The van der Waals surface area contributed by atoms with Gasteiger partial charge in [0.25, 0.3) is 0 Å². The van der Waals surface area contributed by atoms with Gasteiger partial charge >= 0.3 is 6.03 Å². The Morgan fingerprint density at radius 3 is 2.50 bits per heavy atom. The third-order valence-electron chi connectivity index (χ3n) is 3.78. The zero-order chi connectivity index (χ0) is 16.5. The van der Waals surface area contributed by atoms with E-state index in [-0.39, 0.29) is 11.6 Å². The summed E-state index contributed by atoms with van der Waals surface area (Å²) in [5, 5.41) is 7.13. The minimum absolute atomic E-state index is 0.138. The second-order valence-electron chi connectivity index (χ2n) is 6.99. The van der Waals surface area contributed by atoms with Gasteiger partial charge in [-0.25, -0.2) is 4.79 Å². The van der Waals surface area contributed by atoms with Crippen molar-refractivity contribution in [3.05, 3.63) is 34.5 Å². The Morgan fingerprint density at radius 2 is 1.91 bits per heavy atom. The molecule has 0 saturated heterocycles. The number of hydrogen-bond donors (Lipinski definition) is 3. The van der Waals surface area contributed by atoms with Crippen LogP contribution < -0.4 is 10.6 Å². The van der Waals surface area contributed by atoms with Crippen LogP contribution in [-0.2, 0) is 13.0 Å². The monoisotopic (exact) mass is 301 g/mol. The van der Waals surface area contributed by atoms with E-state index in [9.17, 15) is 4.79 Å². The lowest BCUT2D eigenvalue weighted by molar-refractivity contribution is 0.231. The number of benzene rings is 1. The Bertz CT molecular complexity index is 692. The molecule has 4 nitrogen and oxygen atoms in total. The van der Waals surface area contributed by atoms with Crippen LogP contribution in [0.1, 0.15) is 50.1 Å². The zero-order valence-corrected chi connectivity index (χ0v) is 14.5. The maximum atomic E-state index is 11.9. The summed E-state index contributed by atoms with van der Waals surface area (Å²) >= 11 is 0. The lowest BCUT2D eigenvalue weighted by Crippen LogP contribution is -2.46. The zero-order valence-electron chi connectivity index (χ0n) is 14.5. The van der Waals surface area contributed by atoms with Gasteiger partial charge in [-0.15, -0.1) is 0 Å². The van der Waals surface area contributed by atoms with Crippen molar-refractivity contribution in [3.8, 4) is 0 Å². The molecule has 1 aromatic heterocycles. The van der Waals surface area contributed by atoms with Crippen molar-refractivity contribution >= 4 is 16.9 Å². The van der Waals surface area contributed by atoms with Crippen LogP contribution in [0.3, 0.4) is 0 Å². The Kier molecular flexibility index (Phi) is 4.50. The molecule has 120 valence electrons. The highest BCUT2D eigenvalue weighted by Crippen LogP contribution is 2.26. The number of rotatable bonds is 3. The minimum atomic E-state index is -0.232. The van der Waals surface area contributed by atoms with Crippen LogP contribution in [-0.4, -0.2) is 16.6 Å². The van der Waals surface area contributed by atoms with E-state index >= 15 is 0 Å². The highest BCUT2D eigenvalue weighted by Gasteiger charge is 2.15. The highest BCUT2D eigenvalue weighted by molar-refractivity contribution is 5.88. The molecule has 0 aliphatic rings. The summed E-state index contributed by atoms with van der Waals surface area (Å²) in [4.78, 5) is 15.5. The molecule has 22 heavy (non-hydrogen) atoms. The lowest BCUT2D eigenvalue weighted by Gasteiger charge is -2.20. The fraction of sp³-hybridized carbons (Fsp3) is 0.500. The molecule has 3 N–H and O–H groups in total. The molecule has 0 saturated carbocycles. The van der Waals surface area contributed by atoms with Crippen LogP contribution in [0.2, 0.25) is 0 Å². The van der Waals surface area contributed by atoms with Crippen molar-refractivity contribution in [2.75, 3.05) is 0 Å². The van der Waals surface area contributed by atoms with Crippen molar-refractivity contribution < 1.29 is 4.79 Å². The van der Waals surface area contributed by atoms with Crippen molar-refractivity contribution in [2.24, 2.45) is 0 Å². The van der Waals surface area contributed by atoms with Crippen LogP contribution >= 0.6 is 0 Å². The molecule has 0 bridgehead atoms. The summed E-state index contributed by atoms with van der Waals surface area (Å²) in [5.41, 5.74) is 5.82. The molecule has 0 radical (unpaired) electrons. The number of H-pyrrole nitrogens is 1. The molecule has 0 spiro atoms. The number of urea groups is 1. The number of fused-ring (bicyclic) bond motifs is 1. The highest BCUT2D eigenvalue weighted by atomic mass is 16.2. The van der Waals surface area contributed by atoms with E-state index in [1.54, 1.807) is 0 Å². The van der Waals surface area contributed by atoms with Crippen LogP contribution in [0.4, 0.5) is 4.79 Å². The Morgan fingerprint density at radius 1 is 1.23 bits per heavy atom. The summed E-state index contributed by atoms with van der Waals surface area (Å²) in [6.45, 7) is 12.8. The van der Waals surface area contributed by atoms with E-state index in [1.807, 2.05) is 20.8 Å². The van der Waals surface area contributed by atoms with Crippen LogP contribution in [0, 0.1) is 13.8 Å². The number of amides is 2. The molecule has 2 aromatic rings. The number of aryl methyl sites for hydroxylation is 3. The van der Waals surface area contributed by atoms with Gasteiger partial charge in [-0.2, -0.15) is 0 Å². The molecule has 2 rings (SSSR count). The first-order valence-electron chi connectivity index (χ1n) is 7.88. The van der Waals surface area contributed by atoms with Crippen molar-refractivity contribution in [3.63, 3.8) is 0 Å². The molecular formula is C18H27N3O. The molecule has 1 aromatic carbocycles. The molecule has 2 amide bonds. The van der Waals surface area contributed by atoms with Gasteiger partial charge in [-0.1, -0.05) is 18.6 Å². The van der Waals surface area contributed by atoms with Crippen molar-refractivity contribution in [1.29, 1.82) is 0 Å². The van der Waals surface area contributed by atoms with Gasteiger partial charge in [0, 0.05) is 23.2 Å². The number of aromatic amines is 1. The maximum Gasteiger partial charge on any atom is 0.315 e. The second kappa shape index (κ2) is 6.03. The largest absolute Gasteiger partial charge is 0.358 e. The van der Waals surface area contributed by atoms with Crippen LogP contribution in [0.5, 0.6) is 0 Å². The number of nitrogens with one attached hydrogen (secondary N) is 3. The van der Waals surface area contributed by atoms with Gasteiger partial charge in [0.1, 0.15) is 0 Å². The molecule has 0 unspecified atom stereocenters.